The van der Waals surface area contributed by atoms with E-state index >= 15 is 0 Å². The van der Waals surface area contributed by atoms with E-state index in [1.165, 1.54) is 42.6 Å². The van der Waals surface area contributed by atoms with Crippen LogP contribution < -0.4 is 0 Å². The molecule has 2 aromatic heterocycles. The molecule has 0 bridgehead atoms. The molecule has 0 aliphatic rings. The van der Waals surface area contributed by atoms with Crippen molar-refractivity contribution in [1.82, 2.24) is 4.98 Å². The summed E-state index contributed by atoms with van der Waals surface area (Å²) in [5, 5.41) is 9.27. The third kappa shape index (κ3) is 3.75. The summed E-state index contributed by atoms with van der Waals surface area (Å²) in [7, 11) is -3.77. The quantitative estimate of drug-likeness (QED) is 0.734. The van der Waals surface area contributed by atoms with Crippen LogP contribution in [-0.4, -0.2) is 24.5 Å². The van der Waals surface area contributed by atoms with E-state index in [1.54, 1.807) is 12.1 Å². The molecule has 3 aromatic rings. The zero-order valence-electron chi connectivity index (χ0n) is 12.7. The second-order valence-electron chi connectivity index (χ2n) is 5.20. The number of hydrogen-bond donors (Lipinski definition) is 1. The molecule has 0 fully saturated rings. The molecule has 0 aliphatic heterocycles. The Bertz CT molecular complexity index is 1010. The molecular formula is C17H12FNO4S2. The summed E-state index contributed by atoms with van der Waals surface area (Å²) < 4.78 is 38.0. The highest BCUT2D eigenvalue weighted by atomic mass is 32.2. The number of sulfone groups is 1. The molecule has 5 nitrogen and oxygen atoms in total. The zero-order valence-corrected chi connectivity index (χ0v) is 14.3. The lowest BCUT2D eigenvalue weighted by atomic mass is 10.1. The van der Waals surface area contributed by atoms with Crippen LogP contribution in [0.3, 0.4) is 0 Å². The predicted molar refractivity (Wildman–Crippen MR) is 91.8 cm³/mol. The first-order valence-electron chi connectivity index (χ1n) is 7.12. The zero-order chi connectivity index (χ0) is 18.0. The number of halogens is 1. The Balaban J connectivity index is 2.01. The third-order valence-corrected chi connectivity index (χ3v) is 6.22. The lowest BCUT2D eigenvalue weighted by Gasteiger charge is -2.03. The molecule has 8 heteroatoms. The number of carboxylic acid groups (broad SMARTS) is 1. The summed E-state index contributed by atoms with van der Waals surface area (Å²) in [5.74, 6) is -2.08. The topological polar surface area (TPSA) is 84.3 Å². The lowest BCUT2D eigenvalue weighted by molar-refractivity contribution is 0.0701. The molecule has 1 N–H and O–H groups in total. The molecule has 0 atom stereocenters. The molecular weight excluding hydrogens is 365 g/mol. The second-order valence-corrected chi connectivity index (χ2v) is 8.19. The number of hydrogen-bond acceptors (Lipinski definition) is 5. The van der Waals surface area contributed by atoms with Gasteiger partial charge in [-0.15, -0.1) is 11.3 Å². The highest BCUT2D eigenvalue weighted by Gasteiger charge is 2.23. The number of nitrogens with zero attached hydrogens (tertiary/aromatic N) is 1. The Morgan fingerprint density at radius 3 is 2.48 bits per heavy atom. The van der Waals surface area contributed by atoms with Gasteiger partial charge in [-0.3, -0.25) is 0 Å². The molecule has 128 valence electrons. The first kappa shape index (κ1) is 17.2. The maximum absolute atomic E-state index is 13.0. The Morgan fingerprint density at radius 2 is 1.88 bits per heavy atom. The molecule has 0 aliphatic carbocycles. The molecule has 0 spiro atoms. The van der Waals surface area contributed by atoms with Gasteiger partial charge in [0.25, 0.3) is 0 Å². The van der Waals surface area contributed by atoms with E-state index in [-0.39, 0.29) is 15.5 Å². The van der Waals surface area contributed by atoms with E-state index in [4.69, 9.17) is 0 Å². The third-order valence-electron chi connectivity index (χ3n) is 3.43. The lowest BCUT2D eigenvalue weighted by Crippen LogP contribution is -2.08. The monoisotopic (exact) mass is 377 g/mol. The number of aromatic nitrogens is 1. The minimum absolute atomic E-state index is 0.0566. The maximum atomic E-state index is 13.0. The van der Waals surface area contributed by atoms with Gasteiger partial charge in [-0.25, -0.2) is 22.6 Å². The van der Waals surface area contributed by atoms with Gasteiger partial charge in [0.1, 0.15) is 10.7 Å². The van der Waals surface area contributed by atoms with Crippen LogP contribution in [0.1, 0.15) is 15.2 Å². The van der Waals surface area contributed by atoms with Crippen molar-refractivity contribution < 1.29 is 22.7 Å². The van der Waals surface area contributed by atoms with Crippen molar-refractivity contribution >= 4 is 27.1 Å². The van der Waals surface area contributed by atoms with Crippen molar-refractivity contribution in [3.63, 3.8) is 0 Å². The number of thiophene rings is 1. The number of rotatable bonds is 5. The second kappa shape index (κ2) is 6.73. The summed E-state index contributed by atoms with van der Waals surface area (Å²) in [6.45, 7) is 0. The molecule has 0 amide bonds. The first-order chi connectivity index (χ1) is 11.9. The summed E-state index contributed by atoms with van der Waals surface area (Å²) >= 11 is 0.956. The number of carbonyl (C=O) groups is 1. The molecule has 2 heterocycles. The van der Waals surface area contributed by atoms with E-state index in [2.05, 4.69) is 4.98 Å². The predicted octanol–water partition coefficient (Wildman–Crippen LogP) is 3.62. The van der Waals surface area contributed by atoms with E-state index in [0.29, 0.717) is 10.4 Å². The minimum Gasteiger partial charge on any atom is -0.477 e. The number of carboxylic acids is 1. The fraction of sp³-hybridized carbons (Fsp3) is 0.0588. The summed E-state index contributed by atoms with van der Waals surface area (Å²) in [5.41, 5.74) is 0.804. The van der Waals surface area contributed by atoms with Crippen LogP contribution in [0.25, 0.3) is 10.4 Å². The average Bonchev–Trinajstić information content (AvgIpc) is 2.99. The maximum Gasteiger partial charge on any atom is 0.346 e. The van der Waals surface area contributed by atoms with Gasteiger partial charge in [0.15, 0.2) is 14.9 Å². The van der Waals surface area contributed by atoms with Crippen LogP contribution in [0.15, 0.2) is 59.8 Å². The van der Waals surface area contributed by atoms with Crippen LogP contribution in [-0.2, 0) is 15.6 Å². The fourth-order valence-electron chi connectivity index (χ4n) is 2.28. The molecule has 1 aromatic carbocycles. The van der Waals surface area contributed by atoms with Crippen LogP contribution in [0.2, 0.25) is 0 Å². The van der Waals surface area contributed by atoms with E-state index in [1.807, 2.05) is 0 Å². The Hall–Kier alpha value is -2.58. The van der Waals surface area contributed by atoms with Crippen molar-refractivity contribution in [1.29, 1.82) is 0 Å². The van der Waals surface area contributed by atoms with Gasteiger partial charge in [-0.1, -0.05) is 18.2 Å². The minimum atomic E-state index is -3.77. The van der Waals surface area contributed by atoms with Crippen LogP contribution in [0.4, 0.5) is 4.39 Å². The largest absolute Gasteiger partial charge is 0.477 e. The van der Waals surface area contributed by atoms with Crippen molar-refractivity contribution in [2.45, 2.75) is 10.8 Å². The molecule has 0 saturated carbocycles. The van der Waals surface area contributed by atoms with Crippen molar-refractivity contribution in [3.05, 3.63) is 71.0 Å². The summed E-state index contributed by atoms with van der Waals surface area (Å²) in [6, 6.07) is 11.6. The molecule has 25 heavy (non-hydrogen) atoms. The van der Waals surface area contributed by atoms with Gasteiger partial charge in [0, 0.05) is 11.1 Å². The van der Waals surface area contributed by atoms with Crippen molar-refractivity contribution in [2.24, 2.45) is 0 Å². The number of pyridine rings is 1. The average molecular weight is 377 g/mol. The Morgan fingerprint density at radius 1 is 1.16 bits per heavy atom. The standard InChI is InChI=1S/C17H12FNO4S2/c18-13-6-4-11(5-7-13)14-9-12(16(24-14)17(20)21)10-25(22,23)15-3-1-2-8-19-15/h1-9H,10H2,(H,20,21). The smallest absolute Gasteiger partial charge is 0.346 e. The van der Waals surface area contributed by atoms with Gasteiger partial charge in [-0.05, 0) is 41.5 Å². The Labute approximate surface area is 147 Å². The van der Waals surface area contributed by atoms with Gasteiger partial charge in [-0.2, -0.15) is 0 Å². The molecule has 3 rings (SSSR count). The van der Waals surface area contributed by atoms with Crippen LogP contribution in [0, 0.1) is 5.82 Å². The fourth-order valence-corrected chi connectivity index (χ4v) is 4.69. The van der Waals surface area contributed by atoms with Gasteiger partial charge in [0.2, 0.25) is 0 Å². The van der Waals surface area contributed by atoms with Crippen LogP contribution >= 0.6 is 11.3 Å². The van der Waals surface area contributed by atoms with Crippen LogP contribution in [0.5, 0.6) is 0 Å². The first-order valence-corrected chi connectivity index (χ1v) is 9.59. The van der Waals surface area contributed by atoms with Gasteiger partial charge in [0.05, 0.1) is 5.75 Å². The SMILES string of the molecule is O=C(O)c1sc(-c2ccc(F)cc2)cc1CS(=O)(=O)c1ccccn1. The van der Waals surface area contributed by atoms with E-state index in [0.717, 1.165) is 11.3 Å². The highest BCUT2D eigenvalue weighted by molar-refractivity contribution is 7.90. The normalized spacial score (nSPS) is 11.4. The van der Waals surface area contributed by atoms with Crippen molar-refractivity contribution in [3.8, 4) is 10.4 Å². The van der Waals surface area contributed by atoms with Crippen molar-refractivity contribution in [2.75, 3.05) is 0 Å². The van der Waals surface area contributed by atoms with Gasteiger partial charge >= 0.3 is 5.97 Å². The van der Waals surface area contributed by atoms with Gasteiger partial charge < -0.3 is 5.11 Å². The Kier molecular flexibility index (Phi) is 4.65. The molecule has 0 unspecified atom stereocenters. The highest BCUT2D eigenvalue weighted by Crippen LogP contribution is 2.33. The number of benzene rings is 1. The van der Waals surface area contributed by atoms with E-state index in [9.17, 15) is 22.7 Å². The summed E-state index contributed by atoms with van der Waals surface area (Å²) in [6.07, 6.45) is 1.36. The molecule has 0 saturated heterocycles. The summed E-state index contributed by atoms with van der Waals surface area (Å²) in [4.78, 5) is 15.8. The molecule has 0 radical (unpaired) electrons. The number of aromatic carboxylic acids is 1. The van der Waals surface area contributed by atoms with E-state index < -0.39 is 27.4 Å².